The van der Waals surface area contributed by atoms with Gasteiger partial charge in [0.15, 0.2) is 0 Å². The SMILES string of the molecule is CCN(CC)c1ccc(-n2nc3cc(C)c(NC(=O)c4ccccc4C)cc3n2)cc1. The molecule has 3 aromatic carbocycles. The summed E-state index contributed by atoms with van der Waals surface area (Å²) >= 11 is 0. The molecule has 0 aliphatic carbocycles. The van der Waals surface area contributed by atoms with Crippen molar-refractivity contribution in [2.75, 3.05) is 23.3 Å². The predicted molar refractivity (Wildman–Crippen MR) is 126 cm³/mol. The summed E-state index contributed by atoms with van der Waals surface area (Å²) in [6.45, 7) is 10.1. The molecule has 6 nitrogen and oxygen atoms in total. The van der Waals surface area contributed by atoms with Crippen LogP contribution in [-0.2, 0) is 0 Å². The maximum Gasteiger partial charge on any atom is 0.255 e. The second kappa shape index (κ2) is 8.60. The maximum absolute atomic E-state index is 12.7. The Balaban J connectivity index is 1.62. The van der Waals surface area contributed by atoms with Gasteiger partial charge in [-0.25, -0.2) is 0 Å². The third-order valence-corrected chi connectivity index (χ3v) is 5.57. The van der Waals surface area contributed by atoms with Gasteiger partial charge in [-0.3, -0.25) is 4.79 Å². The fourth-order valence-electron chi connectivity index (χ4n) is 3.72. The maximum atomic E-state index is 12.7. The van der Waals surface area contributed by atoms with Crippen molar-refractivity contribution >= 4 is 28.3 Å². The Kier molecular flexibility index (Phi) is 5.71. The second-order valence-electron chi connectivity index (χ2n) is 7.60. The molecule has 31 heavy (non-hydrogen) atoms. The molecule has 1 amide bonds. The van der Waals surface area contributed by atoms with Crippen molar-refractivity contribution in [1.29, 1.82) is 0 Å². The molecule has 0 spiro atoms. The highest BCUT2D eigenvalue weighted by molar-refractivity contribution is 6.06. The van der Waals surface area contributed by atoms with Crippen molar-refractivity contribution < 1.29 is 4.79 Å². The Labute approximate surface area is 182 Å². The number of nitrogens with one attached hydrogen (secondary N) is 1. The lowest BCUT2D eigenvalue weighted by Gasteiger charge is -2.20. The number of rotatable bonds is 6. The molecular weight excluding hydrogens is 386 g/mol. The van der Waals surface area contributed by atoms with Crippen molar-refractivity contribution in [2.45, 2.75) is 27.7 Å². The van der Waals surface area contributed by atoms with Crippen LogP contribution >= 0.6 is 0 Å². The van der Waals surface area contributed by atoms with Crippen LogP contribution in [0.1, 0.15) is 35.3 Å². The Morgan fingerprint density at radius 1 is 0.903 bits per heavy atom. The van der Waals surface area contributed by atoms with E-state index in [1.807, 2.05) is 62.4 Å². The minimum atomic E-state index is -0.125. The summed E-state index contributed by atoms with van der Waals surface area (Å²) < 4.78 is 0. The second-order valence-corrected chi connectivity index (χ2v) is 7.60. The molecule has 0 unspecified atom stereocenters. The fraction of sp³-hybridized carbons (Fsp3) is 0.240. The Bertz CT molecular complexity index is 1220. The van der Waals surface area contributed by atoms with Crippen LogP contribution in [0.3, 0.4) is 0 Å². The molecule has 0 saturated carbocycles. The number of fused-ring (bicyclic) bond motifs is 1. The first-order valence-electron chi connectivity index (χ1n) is 10.6. The molecule has 158 valence electrons. The zero-order valence-electron chi connectivity index (χ0n) is 18.4. The van der Waals surface area contributed by atoms with Crippen LogP contribution in [-0.4, -0.2) is 34.0 Å². The van der Waals surface area contributed by atoms with Crippen LogP contribution < -0.4 is 10.2 Å². The van der Waals surface area contributed by atoms with Crippen LogP contribution in [0.5, 0.6) is 0 Å². The lowest BCUT2D eigenvalue weighted by Crippen LogP contribution is -2.21. The molecule has 6 heteroatoms. The van der Waals surface area contributed by atoms with Gasteiger partial charge in [-0.15, -0.1) is 10.2 Å². The molecule has 1 heterocycles. The molecule has 0 fully saturated rings. The first-order chi connectivity index (χ1) is 15.0. The smallest absolute Gasteiger partial charge is 0.255 e. The number of carbonyl (C=O) groups is 1. The van der Waals surface area contributed by atoms with Gasteiger partial charge < -0.3 is 10.2 Å². The molecule has 0 radical (unpaired) electrons. The summed E-state index contributed by atoms with van der Waals surface area (Å²) in [5.74, 6) is -0.125. The highest BCUT2D eigenvalue weighted by atomic mass is 16.1. The summed E-state index contributed by atoms with van der Waals surface area (Å²) in [5, 5.41) is 12.3. The Morgan fingerprint density at radius 2 is 1.55 bits per heavy atom. The van der Waals surface area contributed by atoms with Gasteiger partial charge in [-0.2, -0.15) is 4.80 Å². The van der Waals surface area contributed by atoms with Gasteiger partial charge in [0.25, 0.3) is 5.91 Å². The summed E-state index contributed by atoms with van der Waals surface area (Å²) in [6, 6.07) is 19.6. The number of aryl methyl sites for hydroxylation is 2. The number of aromatic nitrogens is 3. The van der Waals surface area contributed by atoms with Gasteiger partial charge in [0.05, 0.1) is 5.69 Å². The number of anilines is 2. The van der Waals surface area contributed by atoms with E-state index in [0.717, 1.165) is 46.6 Å². The first-order valence-corrected chi connectivity index (χ1v) is 10.6. The molecule has 0 aliphatic heterocycles. The zero-order valence-corrected chi connectivity index (χ0v) is 18.4. The Hall–Kier alpha value is -3.67. The van der Waals surface area contributed by atoms with Crippen molar-refractivity contribution in [3.05, 3.63) is 77.4 Å². The van der Waals surface area contributed by atoms with Gasteiger partial charge in [-0.05, 0) is 81.3 Å². The molecule has 4 rings (SSSR count). The lowest BCUT2D eigenvalue weighted by molar-refractivity contribution is 0.102. The lowest BCUT2D eigenvalue weighted by atomic mass is 10.1. The van der Waals surface area contributed by atoms with E-state index in [-0.39, 0.29) is 5.91 Å². The largest absolute Gasteiger partial charge is 0.372 e. The van der Waals surface area contributed by atoms with Crippen LogP contribution in [0.2, 0.25) is 0 Å². The van der Waals surface area contributed by atoms with E-state index in [1.54, 1.807) is 4.80 Å². The summed E-state index contributed by atoms with van der Waals surface area (Å²) in [6.07, 6.45) is 0. The third-order valence-electron chi connectivity index (χ3n) is 5.57. The van der Waals surface area contributed by atoms with Crippen LogP contribution in [0.25, 0.3) is 16.7 Å². The molecule has 0 bridgehead atoms. The number of nitrogens with zero attached hydrogens (tertiary/aromatic N) is 4. The molecule has 1 aromatic heterocycles. The molecule has 0 atom stereocenters. The third kappa shape index (κ3) is 4.14. The van der Waals surface area contributed by atoms with E-state index in [9.17, 15) is 4.79 Å². The van der Waals surface area contributed by atoms with Crippen molar-refractivity contribution in [3.63, 3.8) is 0 Å². The van der Waals surface area contributed by atoms with Gasteiger partial charge >= 0.3 is 0 Å². The standard InChI is InChI=1S/C25H27N5O/c1-5-29(6-2)19-11-13-20(14-12-19)30-27-23-15-18(4)22(16-24(23)28-30)26-25(31)21-10-8-7-9-17(21)3/h7-16H,5-6H2,1-4H3,(H,26,31). The van der Waals surface area contributed by atoms with Crippen LogP contribution in [0.15, 0.2) is 60.7 Å². The van der Waals surface area contributed by atoms with Crippen LogP contribution in [0.4, 0.5) is 11.4 Å². The topological polar surface area (TPSA) is 63.1 Å². The van der Waals surface area contributed by atoms with E-state index in [1.165, 1.54) is 5.69 Å². The highest BCUT2D eigenvalue weighted by Crippen LogP contribution is 2.24. The molecule has 0 saturated heterocycles. The summed E-state index contributed by atoms with van der Waals surface area (Å²) in [5.41, 5.74) is 6.90. The number of benzene rings is 3. The molecule has 0 aliphatic rings. The van der Waals surface area contributed by atoms with Crippen molar-refractivity contribution in [3.8, 4) is 5.69 Å². The van der Waals surface area contributed by atoms with Gasteiger partial charge in [0.1, 0.15) is 11.0 Å². The van der Waals surface area contributed by atoms with Crippen LogP contribution in [0, 0.1) is 13.8 Å². The fourth-order valence-corrected chi connectivity index (χ4v) is 3.72. The van der Waals surface area contributed by atoms with E-state index in [0.29, 0.717) is 5.56 Å². The average molecular weight is 414 g/mol. The van der Waals surface area contributed by atoms with Crippen molar-refractivity contribution in [2.24, 2.45) is 0 Å². The van der Waals surface area contributed by atoms with E-state index in [2.05, 4.69) is 46.4 Å². The zero-order chi connectivity index (χ0) is 22.0. The van der Waals surface area contributed by atoms with Gasteiger partial charge in [-0.1, -0.05) is 18.2 Å². The number of carbonyl (C=O) groups excluding carboxylic acids is 1. The Morgan fingerprint density at radius 3 is 2.19 bits per heavy atom. The normalized spacial score (nSPS) is 11.0. The quantitative estimate of drug-likeness (QED) is 0.476. The first kappa shape index (κ1) is 20.6. The van der Waals surface area contributed by atoms with E-state index >= 15 is 0 Å². The minimum absolute atomic E-state index is 0.125. The van der Waals surface area contributed by atoms with Gasteiger partial charge in [0, 0.05) is 30.0 Å². The van der Waals surface area contributed by atoms with E-state index < -0.39 is 0 Å². The monoisotopic (exact) mass is 413 g/mol. The molecule has 4 aromatic rings. The van der Waals surface area contributed by atoms with Gasteiger partial charge in [0.2, 0.25) is 0 Å². The summed E-state index contributed by atoms with van der Waals surface area (Å²) in [7, 11) is 0. The number of hydrogen-bond donors (Lipinski definition) is 1. The number of hydrogen-bond acceptors (Lipinski definition) is 4. The van der Waals surface area contributed by atoms with E-state index in [4.69, 9.17) is 0 Å². The highest BCUT2D eigenvalue weighted by Gasteiger charge is 2.13. The molecule has 1 N–H and O–H groups in total. The predicted octanol–water partition coefficient (Wildman–Crippen LogP) is 5.14. The number of amides is 1. The van der Waals surface area contributed by atoms with Crippen molar-refractivity contribution in [1.82, 2.24) is 15.0 Å². The minimum Gasteiger partial charge on any atom is -0.372 e. The summed E-state index contributed by atoms with van der Waals surface area (Å²) in [4.78, 5) is 16.7. The molecular formula is C25H27N5O. The average Bonchev–Trinajstić information content (AvgIpc) is 3.18.